The summed E-state index contributed by atoms with van der Waals surface area (Å²) in [6, 6.07) is 0. The minimum absolute atomic E-state index is 0.105. The van der Waals surface area contributed by atoms with Crippen LogP contribution in [-0.4, -0.2) is 25.4 Å². The number of ether oxygens (including phenoxy) is 1. The summed E-state index contributed by atoms with van der Waals surface area (Å²) in [5.41, 5.74) is -1.71. The summed E-state index contributed by atoms with van der Waals surface area (Å²) in [6.45, 7) is 0.857. The van der Waals surface area contributed by atoms with Gasteiger partial charge >= 0.3 is 0 Å². The molecule has 0 heterocycles. The van der Waals surface area contributed by atoms with Gasteiger partial charge in [-0.25, -0.2) is 5.84 Å². The van der Waals surface area contributed by atoms with E-state index in [0.29, 0.717) is 19.6 Å². The molecule has 0 spiro atoms. The molecule has 0 fully saturated rings. The Morgan fingerprint density at radius 3 is 2.57 bits per heavy atom. The van der Waals surface area contributed by atoms with E-state index >= 15 is 0 Å². The van der Waals surface area contributed by atoms with Gasteiger partial charge in [-0.05, 0) is 6.42 Å². The molecule has 1 aromatic rings. The SMILES string of the molecule is COCCCN(N)c1c(O)c(=O)c1=O. The van der Waals surface area contributed by atoms with E-state index in [9.17, 15) is 9.59 Å². The van der Waals surface area contributed by atoms with Crippen LogP contribution < -0.4 is 21.7 Å². The van der Waals surface area contributed by atoms with Crippen molar-refractivity contribution >= 4 is 5.69 Å². The second kappa shape index (κ2) is 4.21. The molecule has 0 atom stereocenters. The Hall–Kier alpha value is -1.40. The van der Waals surface area contributed by atoms with Gasteiger partial charge in [-0.3, -0.25) is 9.59 Å². The fourth-order valence-electron chi connectivity index (χ4n) is 1.13. The fraction of sp³-hybridized carbons (Fsp3) is 0.500. The normalized spacial score (nSPS) is 10.7. The van der Waals surface area contributed by atoms with Gasteiger partial charge in [-0.1, -0.05) is 0 Å². The fourth-order valence-corrected chi connectivity index (χ4v) is 1.13. The standard InChI is InChI=1S/C8H12N2O4/c1-14-4-2-3-10(9)5-6(11)8(13)7(5)12/h11H,2-4,9H2,1H3. The van der Waals surface area contributed by atoms with Crippen molar-refractivity contribution in [1.29, 1.82) is 0 Å². The third-order valence-electron chi connectivity index (χ3n) is 1.90. The smallest absolute Gasteiger partial charge is 0.271 e. The van der Waals surface area contributed by atoms with Crippen LogP contribution in [0, 0.1) is 0 Å². The van der Waals surface area contributed by atoms with Crippen LogP contribution in [0.1, 0.15) is 6.42 Å². The first-order valence-electron chi connectivity index (χ1n) is 4.13. The number of rotatable bonds is 5. The predicted octanol–water partition coefficient (Wildman–Crippen LogP) is -1.30. The van der Waals surface area contributed by atoms with E-state index in [1.807, 2.05) is 0 Å². The number of hydrogen-bond acceptors (Lipinski definition) is 6. The molecule has 0 unspecified atom stereocenters. The second-order valence-corrected chi connectivity index (χ2v) is 2.90. The number of nitrogens with two attached hydrogens (primary N) is 1. The molecule has 1 rings (SSSR count). The summed E-state index contributed by atoms with van der Waals surface area (Å²) in [7, 11) is 1.55. The molecule has 0 saturated heterocycles. The van der Waals surface area contributed by atoms with Crippen molar-refractivity contribution in [2.45, 2.75) is 6.42 Å². The Balaban J connectivity index is 2.58. The zero-order chi connectivity index (χ0) is 10.7. The Kier molecular flexibility index (Phi) is 3.21. The molecule has 6 heteroatoms. The monoisotopic (exact) mass is 200 g/mol. The quantitative estimate of drug-likeness (QED) is 0.266. The Bertz CT molecular complexity index is 381. The molecule has 0 bridgehead atoms. The topological polar surface area (TPSA) is 92.9 Å². The maximum atomic E-state index is 10.9. The van der Waals surface area contributed by atoms with Crippen LogP contribution in [0.25, 0.3) is 0 Å². The number of nitrogens with zero attached hydrogens (tertiary/aromatic N) is 1. The zero-order valence-electron chi connectivity index (χ0n) is 7.82. The maximum Gasteiger partial charge on any atom is 0.271 e. The summed E-state index contributed by atoms with van der Waals surface area (Å²) >= 11 is 0. The molecular weight excluding hydrogens is 188 g/mol. The van der Waals surface area contributed by atoms with Crippen LogP contribution in [0.3, 0.4) is 0 Å². The maximum absolute atomic E-state index is 10.9. The van der Waals surface area contributed by atoms with Crippen LogP contribution in [0.2, 0.25) is 0 Å². The van der Waals surface area contributed by atoms with E-state index < -0.39 is 16.6 Å². The molecule has 0 radical (unpaired) electrons. The van der Waals surface area contributed by atoms with Crippen molar-refractivity contribution in [1.82, 2.24) is 0 Å². The Morgan fingerprint density at radius 1 is 1.43 bits per heavy atom. The third-order valence-corrected chi connectivity index (χ3v) is 1.90. The summed E-state index contributed by atoms with van der Waals surface area (Å²) in [5.74, 6) is 4.90. The van der Waals surface area contributed by atoms with Gasteiger partial charge in [-0.15, -0.1) is 0 Å². The molecule has 0 aliphatic rings. The average molecular weight is 200 g/mol. The van der Waals surface area contributed by atoms with Crippen molar-refractivity contribution in [3.05, 3.63) is 20.4 Å². The molecule has 3 N–H and O–H groups in total. The van der Waals surface area contributed by atoms with Gasteiger partial charge in [0.25, 0.3) is 10.9 Å². The summed E-state index contributed by atoms with van der Waals surface area (Å²) in [4.78, 5) is 21.6. The van der Waals surface area contributed by atoms with Crippen molar-refractivity contribution < 1.29 is 9.84 Å². The molecule has 14 heavy (non-hydrogen) atoms. The van der Waals surface area contributed by atoms with Crippen LogP contribution in [-0.2, 0) is 4.74 Å². The van der Waals surface area contributed by atoms with E-state index in [4.69, 9.17) is 15.7 Å². The highest BCUT2D eigenvalue weighted by Gasteiger charge is 2.23. The van der Waals surface area contributed by atoms with Gasteiger partial charge in [0, 0.05) is 20.3 Å². The molecule has 0 aliphatic heterocycles. The van der Waals surface area contributed by atoms with E-state index in [-0.39, 0.29) is 5.69 Å². The van der Waals surface area contributed by atoms with Gasteiger partial charge in [0.05, 0.1) is 0 Å². The highest BCUT2D eigenvalue weighted by atomic mass is 16.5. The van der Waals surface area contributed by atoms with E-state index in [1.165, 1.54) is 0 Å². The highest BCUT2D eigenvalue weighted by molar-refractivity contribution is 5.61. The highest BCUT2D eigenvalue weighted by Crippen LogP contribution is 2.17. The predicted molar refractivity (Wildman–Crippen MR) is 51.0 cm³/mol. The summed E-state index contributed by atoms with van der Waals surface area (Å²) in [6.07, 6.45) is 0.616. The van der Waals surface area contributed by atoms with E-state index in [0.717, 1.165) is 5.01 Å². The number of methoxy groups -OCH3 is 1. The Morgan fingerprint density at radius 2 is 2.07 bits per heavy atom. The van der Waals surface area contributed by atoms with Crippen LogP contribution in [0.15, 0.2) is 9.59 Å². The number of hydrogen-bond donors (Lipinski definition) is 2. The molecule has 0 amide bonds. The number of aromatic hydroxyl groups is 1. The lowest BCUT2D eigenvalue weighted by Crippen LogP contribution is -2.44. The van der Waals surface area contributed by atoms with Crippen molar-refractivity contribution in [3.8, 4) is 5.75 Å². The molecule has 0 aliphatic carbocycles. The number of anilines is 1. The first kappa shape index (κ1) is 10.7. The van der Waals surface area contributed by atoms with Gasteiger partial charge in [0.2, 0.25) is 0 Å². The van der Waals surface area contributed by atoms with Crippen LogP contribution in [0.5, 0.6) is 5.75 Å². The first-order valence-corrected chi connectivity index (χ1v) is 4.13. The first-order chi connectivity index (χ1) is 6.59. The summed E-state index contributed by atoms with van der Waals surface area (Å²) in [5, 5.41) is 10.1. The lowest BCUT2D eigenvalue weighted by Gasteiger charge is -2.19. The van der Waals surface area contributed by atoms with Crippen molar-refractivity contribution in [2.75, 3.05) is 25.3 Å². The lowest BCUT2D eigenvalue weighted by molar-refractivity contribution is 0.196. The Labute approximate surface area is 80.2 Å². The van der Waals surface area contributed by atoms with Crippen molar-refractivity contribution in [2.24, 2.45) is 5.84 Å². The molecule has 1 aromatic carbocycles. The average Bonchev–Trinajstić information content (AvgIpc) is 2.18. The molecule has 0 saturated carbocycles. The minimum Gasteiger partial charge on any atom is -0.502 e. The van der Waals surface area contributed by atoms with Crippen molar-refractivity contribution in [3.63, 3.8) is 0 Å². The van der Waals surface area contributed by atoms with E-state index in [2.05, 4.69) is 0 Å². The largest absolute Gasteiger partial charge is 0.502 e. The zero-order valence-corrected chi connectivity index (χ0v) is 7.82. The van der Waals surface area contributed by atoms with Gasteiger partial charge < -0.3 is 14.9 Å². The summed E-state index contributed by atoms with van der Waals surface area (Å²) < 4.78 is 4.79. The van der Waals surface area contributed by atoms with Gasteiger partial charge in [-0.2, -0.15) is 0 Å². The third kappa shape index (κ3) is 1.75. The van der Waals surface area contributed by atoms with Gasteiger partial charge in [0.15, 0.2) is 11.4 Å². The number of hydrazine groups is 1. The molecule has 78 valence electrons. The van der Waals surface area contributed by atoms with Crippen LogP contribution >= 0.6 is 0 Å². The van der Waals surface area contributed by atoms with Crippen LogP contribution in [0.4, 0.5) is 5.69 Å². The van der Waals surface area contributed by atoms with Gasteiger partial charge in [0.1, 0.15) is 0 Å². The molecular formula is C8H12N2O4. The molecule has 6 nitrogen and oxygen atoms in total. The lowest BCUT2D eigenvalue weighted by atomic mass is 10.2. The van der Waals surface area contributed by atoms with E-state index in [1.54, 1.807) is 7.11 Å². The minimum atomic E-state index is -0.873. The molecule has 0 aromatic heterocycles. The second-order valence-electron chi connectivity index (χ2n) is 2.90.